The van der Waals surface area contributed by atoms with E-state index in [0.717, 1.165) is 30.2 Å². The van der Waals surface area contributed by atoms with Crippen molar-refractivity contribution >= 4 is 23.0 Å². The van der Waals surface area contributed by atoms with Crippen molar-refractivity contribution in [2.75, 3.05) is 18.5 Å². The van der Waals surface area contributed by atoms with Gasteiger partial charge < -0.3 is 10.2 Å². The molecule has 0 saturated carbocycles. The SMILES string of the molecule is CNCc1ccc(N2CCCc3cc(C)ccc32)c(Cl)c1. The molecule has 0 spiro atoms. The van der Waals surface area contributed by atoms with E-state index in [1.165, 1.54) is 28.8 Å². The molecule has 3 rings (SSSR count). The molecule has 21 heavy (non-hydrogen) atoms. The summed E-state index contributed by atoms with van der Waals surface area (Å²) in [6, 6.07) is 13.1. The fourth-order valence-electron chi connectivity index (χ4n) is 3.06. The molecule has 0 bridgehead atoms. The summed E-state index contributed by atoms with van der Waals surface area (Å²) in [5.41, 5.74) is 6.38. The Bertz CT molecular complexity index is 652. The molecule has 0 amide bonds. The van der Waals surface area contributed by atoms with E-state index in [-0.39, 0.29) is 0 Å². The largest absolute Gasteiger partial charge is 0.340 e. The predicted molar refractivity (Wildman–Crippen MR) is 90.7 cm³/mol. The van der Waals surface area contributed by atoms with Gasteiger partial charge in [0, 0.05) is 18.8 Å². The number of hydrogen-bond acceptors (Lipinski definition) is 2. The second kappa shape index (κ2) is 6.08. The highest BCUT2D eigenvalue weighted by Gasteiger charge is 2.20. The molecule has 2 aromatic carbocycles. The highest BCUT2D eigenvalue weighted by molar-refractivity contribution is 6.33. The van der Waals surface area contributed by atoms with E-state index in [2.05, 4.69) is 53.5 Å². The number of nitrogens with one attached hydrogen (secondary N) is 1. The Kier molecular flexibility index (Phi) is 4.18. The molecule has 0 atom stereocenters. The fraction of sp³-hybridized carbons (Fsp3) is 0.333. The van der Waals surface area contributed by atoms with Gasteiger partial charge in [0.05, 0.1) is 10.7 Å². The molecule has 1 aliphatic rings. The van der Waals surface area contributed by atoms with Crippen LogP contribution >= 0.6 is 11.6 Å². The number of nitrogens with zero attached hydrogens (tertiary/aromatic N) is 1. The molecule has 0 aliphatic carbocycles. The summed E-state index contributed by atoms with van der Waals surface area (Å²) in [5, 5.41) is 3.99. The second-order valence-corrected chi connectivity index (χ2v) is 6.11. The third kappa shape index (κ3) is 2.92. The Labute approximate surface area is 131 Å². The van der Waals surface area contributed by atoms with Crippen LogP contribution in [0.1, 0.15) is 23.1 Å². The summed E-state index contributed by atoms with van der Waals surface area (Å²) in [6.45, 7) is 4.02. The van der Waals surface area contributed by atoms with Gasteiger partial charge in [-0.15, -0.1) is 0 Å². The zero-order chi connectivity index (χ0) is 14.8. The van der Waals surface area contributed by atoms with Crippen molar-refractivity contribution in [2.45, 2.75) is 26.3 Å². The average molecular weight is 301 g/mol. The first-order valence-corrected chi connectivity index (χ1v) is 7.87. The molecule has 2 nitrogen and oxygen atoms in total. The quantitative estimate of drug-likeness (QED) is 0.901. The number of anilines is 2. The van der Waals surface area contributed by atoms with Crippen LogP contribution in [0, 0.1) is 6.92 Å². The van der Waals surface area contributed by atoms with E-state index in [1.807, 2.05) is 7.05 Å². The van der Waals surface area contributed by atoms with Gasteiger partial charge >= 0.3 is 0 Å². The predicted octanol–water partition coefficient (Wildman–Crippen LogP) is 4.45. The Balaban J connectivity index is 1.99. The highest BCUT2D eigenvalue weighted by Crippen LogP contribution is 2.37. The lowest BCUT2D eigenvalue weighted by atomic mass is 9.99. The van der Waals surface area contributed by atoms with E-state index in [9.17, 15) is 0 Å². The number of halogens is 1. The maximum atomic E-state index is 6.53. The van der Waals surface area contributed by atoms with Gasteiger partial charge in [-0.25, -0.2) is 0 Å². The van der Waals surface area contributed by atoms with Gasteiger partial charge in [-0.3, -0.25) is 0 Å². The van der Waals surface area contributed by atoms with Gasteiger partial charge in [-0.1, -0.05) is 35.4 Å². The Morgan fingerprint density at radius 2 is 1.95 bits per heavy atom. The first-order valence-electron chi connectivity index (χ1n) is 7.49. The smallest absolute Gasteiger partial charge is 0.0646 e. The summed E-state index contributed by atoms with van der Waals surface area (Å²) in [4.78, 5) is 2.35. The minimum Gasteiger partial charge on any atom is -0.340 e. The number of hydrogen-bond donors (Lipinski definition) is 1. The van der Waals surface area contributed by atoms with Gasteiger partial charge in [0.2, 0.25) is 0 Å². The van der Waals surface area contributed by atoms with Gasteiger partial charge in [0.1, 0.15) is 0 Å². The molecular formula is C18H21ClN2. The fourth-order valence-corrected chi connectivity index (χ4v) is 3.36. The molecule has 1 heterocycles. The molecule has 0 aromatic heterocycles. The van der Waals surface area contributed by atoms with Crippen LogP contribution in [0.15, 0.2) is 36.4 Å². The van der Waals surface area contributed by atoms with Crippen LogP contribution in [-0.4, -0.2) is 13.6 Å². The number of fused-ring (bicyclic) bond motifs is 1. The molecule has 3 heteroatoms. The maximum absolute atomic E-state index is 6.53. The molecule has 0 radical (unpaired) electrons. The van der Waals surface area contributed by atoms with Crippen LogP contribution in [0.2, 0.25) is 5.02 Å². The lowest BCUT2D eigenvalue weighted by Gasteiger charge is -2.32. The molecule has 1 aliphatic heterocycles. The summed E-state index contributed by atoms with van der Waals surface area (Å²) in [5.74, 6) is 0. The summed E-state index contributed by atoms with van der Waals surface area (Å²) < 4.78 is 0. The normalized spacial score (nSPS) is 14.1. The molecule has 0 unspecified atom stereocenters. The molecule has 1 N–H and O–H groups in total. The zero-order valence-corrected chi connectivity index (χ0v) is 13.4. The van der Waals surface area contributed by atoms with Crippen LogP contribution in [0.3, 0.4) is 0 Å². The van der Waals surface area contributed by atoms with Gasteiger partial charge in [0.15, 0.2) is 0 Å². The zero-order valence-electron chi connectivity index (χ0n) is 12.6. The van der Waals surface area contributed by atoms with E-state index >= 15 is 0 Å². The van der Waals surface area contributed by atoms with Crippen LogP contribution in [0.4, 0.5) is 11.4 Å². The van der Waals surface area contributed by atoms with Crippen molar-refractivity contribution in [3.8, 4) is 0 Å². The third-order valence-electron chi connectivity index (χ3n) is 4.04. The van der Waals surface area contributed by atoms with Crippen molar-refractivity contribution in [1.29, 1.82) is 0 Å². The van der Waals surface area contributed by atoms with Gasteiger partial charge in [0.25, 0.3) is 0 Å². The minimum atomic E-state index is 0.830. The summed E-state index contributed by atoms with van der Waals surface area (Å²) in [6.07, 6.45) is 2.33. The van der Waals surface area contributed by atoms with Crippen molar-refractivity contribution in [3.63, 3.8) is 0 Å². The van der Waals surface area contributed by atoms with Crippen LogP contribution in [-0.2, 0) is 13.0 Å². The standard InChI is InChI=1S/C18H21ClN2/c1-13-5-7-17-15(10-13)4-3-9-21(17)18-8-6-14(12-20-2)11-16(18)19/h5-8,10-11,20H,3-4,9,12H2,1-2H3. The van der Waals surface area contributed by atoms with E-state index < -0.39 is 0 Å². The van der Waals surface area contributed by atoms with Crippen molar-refractivity contribution < 1.29 is 0 Å². The average Bonchev–Trinajstić information content (AvgIpc) is 2.47. The number of aryl methyl sites for hydroxylation is 2. The number of benzene rings is 2. The third-order valence-corrected chi connectivity index (χ3v) is 4.34. The first-order chi connectivity index (χ1) is 10.2. The van der Waals surface area contributed by atoms with Crippen molar-refractivity contribution in [1.82, 2.24) is 5.32 Å². The van der Waals surface area contributed by atoms with E-state index in [4.69, 9.17) is 11.6 Å². The van der Waals surface area contributed by atoms with E-state index in [1.54, 1.807) is 0 Å². The Hall–Kier alpha value is -1.51. The summed E-state index contributed by atoms with van der Waals surface area (Å²) >= 11 is 6.53. The lowest BCUT2D eigenvalue weighted by Crippen LogP contribution is -2.24. The maximum Gasteiger partial charge on any atom is 0.0646 e. The molecule has 0 saturated heterocycles. The second-order valence-electron chi connectivity index (χ2n) is 5.70. The van der Waals surface area contributed by atoms with E-state index in [0.29, 0.717) is 0 Å². The molecule has 2 aromatic rings. The van der Waals surface area contributed by atoms with Crippen LogP contribution < -0.4 is 10.2 Å². The molecule has 0 fully saturated rings. The van der Waals surface area contributed by atoms with Crippen LogP contribution in [0.25, 0.3) is 0 Å². The minimum absolute atomic E-state index is 0.830. The van der Waals surface area contributed by atoms with Gasteiger partial charge in [-0.05, 0) is 56.1 Å². The monoisotopic (exact) mass is 300 g/mol. The number of rotatable bonds is 3. The topological polar surface area (TPSA) is 15.3 Å². The molecular weight excluding hydrogens is 280 g/mol. The highest BCUT2D eigenvalue weighted by atomic mass is 35.5. The Morgan fingerprint density at radius 1 is 1.14 bits per heavy atom. The van der Waals surface area contributed by atoms with Crippen molar-refractivity contribution in [3.05, 3.63) is 58.1 Å². The molecule has 110 valence electrons. The Morgan fingerprint density at radius 3 is 2.71 bits per heavy atom. The van der Waals surface area contributed by atoms with Crippen molar-refractivity contribution in [2.24, 2.45) is 0 Å². The first kappa shape index (κ1) is 14.4. The van der Waals surface area contributed by atoms with Gasteiger partial charge in [-0.2, -0.15) is 0 Å². The van der Waals surface area contributed by atoms with Crippen LogP contribution in [0.5, 0.6) is 0 Å². The lowest BCUT2D eigenvalue weighted by molar-refractivity contribution is 0.765. The summed E-state index contributed by atoms with van der Waals surface area (Å²) in [7, 11) is 1.95.